The van der Waals surface area contributed by atoms with E-state index < -0.39 is 0 Å². The van der Waals surface area contributed by atoms with Gasteiger partial charge in [0, 0.05) is 49.7 Å². The number of ether oxygens (including phenoxy) is 3. The maximum Gasteiger partial charge on any atom is 0.161 e. The van der Waals surface area contributed by atoms with Gasteiger partial charge in [-0.25, -0.2) is 0 Å². The van der Waals surface area contributed by atoms with Crippen LogP contribution in [0.5, 0.6) is 17.2 Å². The van der Waals surface area contributed by atoms with Crippen molar-refractivity contribution in [2.75, 3.05) is 38.8 Å². The minimum atomic E-state index is 0.384. The minimum absolute atomic E-state index is 0.384. The number of hydrogen-bond acceptors (Lipinski definition) is 6. The van der Waals surface area contributed by atoms with Gasteiger partial charge >= 0.3 is 0 Å². The van der Waals surface area contributed by atoms with Crippen molar-refractivity contribution in [1.29, 1.82) is 0 Å². The Morgan fingerprint density at radius 2 is 1.83 bits per heavy atom. The van der Waals surface area contributed by atoms with Crippen molar-refractivity contribution in [2.45, 2.75) is 38.0 Å². The summed E-state index contributed by atoms with van der Waals surface area (Å²) in [6.07, 6.45) is 5.36. The maximum absolute atomic E-state index is 6.25. The Bertz CT molecular complexity index is 1140. The molecule has 2 aliphatic heterocycles. The van der Waals surface area contributed by atoms with E-state index in [1.165, 1.54) is 24.1 Å². The number of benzene rings is 2. The third-order valence-corrected chi connectivity index (χ3v) is 7.43. The number of fused-ring (bicyclic) bond motifs is 1. The van der Waals surface area contributed by atoms with Gasteiger partial charge in [0.25, 0.3) is 0 Å². The fourth-order valence-corrected chi connectivity index (χ4v) is 5.53. The largest absolute Gasteiger partial charge is 0.495 e. The molecule has 2 atom stereocenters. The summed E-state index contributed by atoms with van der Waals surface area (Å²) in [5.74, 6) is 2.24. The molecule has 0 N–H and O–H groups in total. The molecule has 3 heterocycles. The van der Waals surface area contributed by atoms with Crippen LogP contribution >= 0.6 is 11.6 Å². The van der Waals surface area contributed by atoms with E-state index in [1.807, 2.05) is 36.4 Å². The highest BCUT2D eigenvalue weighted by atomic mass is 35.5. The van der Waals surface area contributed by atoms with E-state index in [1.54, 1.807) is 20.4 Å². The van der Waals surface area contributed by atoms with Crippen molar-refractivity contribution >= 4 is 17.3 Å². The summed E-state index contributed by atoms with van der Waals surface area (Å²) in [5, 5.41) is 0.647. The summed E-state index contributed by atoms with van der Waals surface area (Å²) in [4.78, 5) is 9.47. The van der Waals surface area contributed by atoms with Gasteiger partial charge in [-0.05, 0) is 61.2 Å². The summed E-state index contributed by atoms with van der Waals surface area (Å²) >= 11 is 6.25. The highest BCUT2D eigenvalue weighted by Crippen LogP contribution is 2.40. The Labute approximate surface area is 212 Å². The second kappa shape index (κ2) is 10.8. The number of aromatic nitrogens is 1. The van der Waals surface area contributed by atoms with Gasteiger partial charge in [-0.3, -0.25) is 9.88 Å². The van der Waals surface area contributed by atoms with E-state index in [0.29, 0.717) is 23.7 Å². The average Bonchev–Trinajstić information content (AvgIpc) is 2.92. The van der Waals surface area contributed by atoms with E-state index in [2.05, 4.69) is 33.0 Å². The molecular weight excluding hydrogens is 462 g/mol. The monoisotopic (exact) mass is 493 g/mol. The number of halogens is 1. The van der Waals surface area contributed by atoms with Gasteiger partial charge in [0.15, 0.2) is 11.5 Å². The quantitative estimate of drug-likeness (QED) is 0.418. The van der Waals surface area contributed by atoms with Crippen LogP contribution in [0.4, 0.5) is 5.69 Å². The van der Waals surface area contributed by atoms with Crippen LogP contribution in [0.3, 0.4) is 0 Å². The topological polar surface area (TPSA) is 47.1 Å². The second-order valence-corrected chi connectivity index (χ2v) is 9.53. The molecule has 35 heavy (non-hydrogen) atoms. The molecule has 2 aliphatic rings. The lowest BCUT2D eigenvalue weighted by Crippen LogP contribution is -2.55. The van der Waals surface area contributed by atoms with Crippen molar-refractivity contribution < 1.29 is 14.2 Å². The molecule has 0 radical (unpaired) electrons. The zero-order chi connectivity index (χ0) is 24.2. The normalized spacial score (nSPS) is 20.3. The molecule has 2 saturated heterocycles. The first-order valence-corrected chi connectivity index (χ1v) is 12.6. The molecule has 0 saturated carbocycles. The lowest BCUT2D eigenvalue weighted by Gasteiger charge is -2.49. The molecular formula is C28H32ClN3O3. The van der Waals surface area contributed by atoms with Crippen molar-refractivity contribution in [3.05, 3.63) is 77.1 Å². The Hall–Kier alpha value is -2.96. The maximum atomic E-state index is 6.25. The Kier molecular flexibility index (Phi) is 7.30. The average molecular weight is 494 g/mol. The van der Waals surface area contributed by atoms with Crippen molar-refractivity contribution in [3.8, 4) is 17.2 Å². The Morgan fingerprint density at radius 3 is 2.63 bits per heavy atom. The van der Waals surface area contributed by atoms with Gasteiger partial charge in [-0.2, -0.15) is 0 Å². The van der Waals surface area contributed by atoms with Crippen LogP contribution in [-0.2, 0) is 6.61 Å². The lowest BCUT2D eigenvalue weighted by molar-refractivity contribution is 0.0715. The van der Waals surface area contributed by atoms with E-state index in [9.17, 15) is 0 Å². The second-order valence-electron chi connectivity index (χ2n) is 9.12. The van der Waals surface area contributed by atoms with E-state index >= 15 is 0 Å². The lowest BCUT2D eigenvalue weighted by atomic mass is 9.89. The summed E-state index contributed by atoms with van der Waals surface area (Å²) in [7, 11) is 3.37. The fraction of sp³-hybridized carbons (Fsp3) is 0.393. The molecule has 7 heteroatoms. The number of anilines is 1. The van der Waals surface area contributed by atoms with Gasteiger partial charge < -0.3 is 19.1 Å². The van der Waals surface area contributed by atoms with Crippen molar-refractivity contribution in [2.24, 2.45) is 0 Å². The van der Waals surface area contributed by atoms with Gasteiger partial charge in [-0.15, -0.1) is 0 Å². The standard InChI is InChI=1S/C28H32ClN3O3/c1-33-27-17-22(10-11-24(27)29)31-14-15-32-23(18-31)7-5-8-25(32)20-9-12-26(28(16-20)34-2)35-19-21-6-3-4-13-30-21/h3-4,6,9-13,16-17,23,25H,5,7-8,14-15,18-19H2,1-2H3/t23?,25-/m1/s1. The predicted molar refractivity (Wildman–Crippen MR) is 139 cm³/mol. The van der Waals surface area contributed by atoms with Crippen molar-refractivity contribution in [1.82, 2.24) is 9.88 Å². The number of piperazine rings is 1. The molecule has 184 valence electrons. The van der Waals surface area contributed by atoms with Gasteiger partial charge in [0.1, 0.15) is 12.4 Å². The first-order valence-electron chi connectivity index (χ1n) is 12.2. The van der Waals surface area contributed by atoms with Crippen LogP contribution < -0.4 is 19.1 Å². The number of pyridine rings is 1. The molecule has 2 fully saturated rings. The van der Waals surface area contributed by atoms with Crippen LogP contribution in [-0.4, -0.2) is 49.8 Å². The van der Waals surface area contributed by atoms with Crippen LogP contribution in [0.25, 0.3) is 0 Å². The number of methoxy groups -OCH3 is 2. The molecule has 0 aliphatic carbocycles. The zero-order valence-electron chi connectivity index (χ0n) is 20.3. The highest BCUT2D eigenvalue weighted by Gasteiger charge is 2.36. The van der Waals surface area contributed by atoms with E-state index in [0.717, 1.165) is 49.0 Å². The summed E-state index contributed by atoms with van der Waals surface area (Å²) < 4.78 is 17.2. The zero-order valence-corrected chi connectivity index (χ0v) is 21.1. The van der Waals surface area contributed by atoms with Gasteiger partial charge in [-0.1, -0.05) is 23.7 Å². The summed E-state index contributed by atoms with van der Waals surface area (Å²) in [5.41, 5.74) is 3.35. The van der Waals surface area contributed by atoms with E-state index in [4.69, 9.17) is 25.8 Å². The minimum Gasteiger partial charge on any atom is -0.495 e. The Balaban J connectivity index is 1.29. The van der Waals surface area contributed by atoms with Gasteiger partial charge in [0.05, 0.1) is 24.9 Å². The van der Waals surface area contributed by atoms with Crippen LogP contribution in [0, 0.1) is 0 Å². The first kappa shape index (κ1) is 23.8. The molecule has 0 amide bonds. The SMILES string of the molecule is COc1cc(N2CCN3C(CCC[C@@H]3c3ccc(OCc4ccccn4)c(OC)c3)C2)ccc1Cl. The first-order chi connectivity index (χ1) is 17.2. The molecule has 3 aromatic rings. The molecule has 5 rings (SSSR count). The molecule has 0 bridgehead atoms. The van der Waals surface area contributed by atoms with Crippen LogP contribution in [0.1, 0.15) is 36.6 Å². The van der Waals surface area contributed by atoms with Gasteiger partial charge in [0.2, 0.25) is 0 Å². The van der Waals surface area contributed by atoms with E-state index in [-0.39, 0.29) is 0 Å². The Morgan fingerprint density at radius 1 is 0.943 bits per heavy atom. The number of hydrogen-bond donors (Lipinski definition) is 0. The van der Waals surface area contributed by atoms with Crippen LogP contribution in [0.15, 0.2) is 60.8 Å². The highest BCUT2D eigenvalue weighted by molar-refractivity contribution is 6.32. The number of piperidine rings is 1. The molecule has 1 unspecified atom stereocenters. The summed E-state index contributed by atoms with van der Waals surface area (Å²) in [6.45, 7) is 3.41. The third kappa shape index (κ3) is 5.19. The van der Waals surface area contributed by atoms with Crippen molar-refractivity contribution in [3.63, 3.8) is 0 Å². The third-order valence-electron chi connectivity index (χ3n) is 7.12. The molecule has 6 nitrogen and oxygen atoms in total. The van der Waals surface area contributed by atoms with Crippen LogP contribution in [0.2, 0.25) is 5.02 Å². The molecule has 1 aromatic heterocycles. The molecule has 0 spiro atoms. The molecule has 2 aromatic carbocycles. The number of rotatable bonds is 7. The predicted octanol–water partition coefficient (Wildman–Crippen LogP) is 5.75. The summed E-state index contributed by atoms with van der Waals surface area (Å²) in [6, 6.07) is 19.2. The number of nitrogens with zero attached hydrogens (tertiary/aromatic N) is 3. The fourth-order valence-electron chi connectivity index (χ4n) is 5.33. The smallest absolute Gasteiger partial charge is 0.161 e.